The van der Waals surface area contributed by atoms with Crippen LogP contribution in [0.15, 0.2) is 72.9 Å². The third kappa shape index (κ3) is 7.02. The number of carbonyl (C=O) groups excluding carboxylic acids is 1. The van der Waals surface area contributed by atoms with Gasteiger partial charge in [-0.2, -0.15) is 8.78 Å². The van der Waals surface area contributed by atoms with Crippen LogP contribution in [-0.4, -0.2) is 35.4 Å². The van der Waals surface area contributed by atoms with Crippen molar-refractivity contribution in [1.29, 1.82) is 0 Å². The highest BCUT2D eigenvalue weighted by Gasteiger charge is 2.42. The van der Waals surface area contributed by atoms with Gasteiger partial charge in [-0.15, -0.1) is 0 Å². The van der Waals surface area contributed by atoms with Gasteiger partial charge in [-0.3, -0.25) is 4.98 Å². The molecule has 4 atom stereocenters. The largest absolute Gasteiger partial charge is 0.430 e. The first-order chi connectivity index (χ1) is 18.6. The average molecular weight is 561 g/mol. The number of nitrogens with two attached hydrogens (primary N) is 1. The maximum Gasteiger partial charge on any atom is 0.429 e. The predicted octanol–water partition coefficient (Wildman–Crippen LogP) is 6.12. The van der Waals surface area contributed by atoms with Crippen molar-refractivity contribution >= 4 is 17.6 Å². The summed E-state index contributed by atoms with van der Waals surface area (Å²) in [5.41, 5.74) is 6.60. The van der Waals surface area contributed by atoms with Gasteiger partial charge < -0.3 is 21.1 Å². The van der Waals surface area contributed by atoms with Gasteiger partial charge in [0.05, 0.1) is 10.7 Å². The number of amides is 2. The molecular formula is C29H32ClF3N4O2. The van der Waals surface area contributed by atoms with Crippen LogP contribution >= 0.6 is 11.6 Å². The molecule has 4 rings (SSSR count). The van der Waals surface area contributed by atoms with E-state index in [-0.39, 0.29) is 24.3 Å². The van der Waals surface area contributed by atoms with Gasteiger partial charge in [0.25, 0.3) is 0 Å². The van der Waals surface area contributed by atoms with Crippen LogP contribution in [0.5, 0.6) is 5.75 Å². The quantitative estimate of drug-likeness (QED) is 0.294. The fourth-order valence-electron chi connectivity index (χ4n) is 4.85. The van der Waals surface area contributed by atoms with Crippen molar-refractivity contribution in [2.24, 2.45) is 5.73 Å². The second-order valence-corrected chi connectivity index (χ2v) is 10.3. The Labute approximate surface area is 231 Å². The second-order valence-electron chi connectivity index (χ2n) is 9.89. The first-order valence-corrected chi connectivity index (χ1v) is 13.3. The molecule has 4 N–H and O–H groups in total. The Morgan fingerprint density at radius 2 is 1.87 bits per heavy atom. The number of hydrogen-bond acceptors (Lipinski definition) is 4. The first kappa shape index (κ1) is 28.7. The van der Waals surface area contributed by atoms with Crippen molar-refractivity contribution in [3.8, 4) is 5.75 Å². The number of ether oxygens (including phenoxy) is 1. The normalized spacial score (nSPS) is 19.9. The van der Waals surface area contributed by atoms with E-state index in [4.69, 9.17) is 22.1 Å². The van der Waals surface area contributed by atoms with Crippen molar-refractivity contribution in [2.75, 3.05) is 0 Å². The number of halogens is 4. The summed E-state index contributed by atoms with van der Waals surface area (Å²) in [5, 5.41) is 6.47. The number of benzene rings is 2. The minimum absolute atomic E-state index is 0.177. The van der Waals surface area contributed by atoms with E-state index in [2.05, 4.69) is 15.6 Å². The highest BCUT2D eigenvalue weighted by Crippen LogP contribution is 2.36. The molecule has 0 radical (unpaired) electrons. The molecule has 2 aromatic carbocycles. The van der Waals surface area contributed by atoms with Crippen molar-refractivity contribution in [3.63, 3.8) is 0 Å². The van der Waals surface area contributed by atoms with Gasteiger partial charge in [0.2, 0.25) is 6.17 Å². The van der Waals surface area contributed by atoms with Gasteiger partial charge in [0.1, 0.15) is 11.3 Å². The number of aromatic nitrogens is 1. The van der Waals surface area contributed by atoms with E-state index in [0.717, 1.165) is 38.2 Å². The zero-order chi connectivity index (χ0) is 28.0. The minimum atomic E-state index is -4.04. The summed E-state index contributed by atoms with van der Waals surface area (Å²) in [6, 6.07) is 17.7. The lowest BCUT2D eigenvalue weighted by Crippen LogP contribution is -2.57. The van der Waals surface area contributed by atoms with Gasteiger partial charge in [0.15, 0.2) is 0 Å². The van der Waals surface area contributed by atoms with E-state index < -0.39 is 23.9 Å². The molecule has 1 unspecified atom stereocenters. The van der Waals surface area contributed by atoms with Gasteiger partial charge in [-0.25, -0.2) is 9.18 Å². The summed E-state index contributed by atoms with van der Waals surface area (Å²) in [7, 11) is 0. The summed E-state index contributed by atoms with van der Waals surface area (Å²) in [4.78, 5) is 18.1. The molecule has 10 heteroatoms. The van der Waals surface area contributed by atoms with Crippen LogP contribution in [0.4, 0.5) is 18.0 Å². The number of nitrogens with one attached hydrogen (secondary N) is 2. The van der Waals surface area contributed by atoms with Crippen LogP contribution in [0, 0.1) is 0 Å². The number of pyridine rings is 1. The number of rotatable bonds is 9. The molecule has 208 valence electrons. The Kier molecular flexibility index (Phi) is 9.02. The van der Waals surface area contributed by atoms with Crippen molar-refractivity contribution in [3.05, 3.63) is 94.8 Å². The highest BCUT2D eigenvalue weighted by molar-refractivity contribution is 6.30. The third-order valence-electron chi connectivity index (χ3n) is 6.98. The molecule has 6 nitrogen and oxygen atoms in total. The van der Waals surface area contributed by atoms with Gasteiger partial charge in [0, 0.05) is 24.7 Å². The molecule has 0 bridgehead atoms. The minimum Gasteiger partial charge on any atom is -0.430 e. The van der Waals surface area contributed by atoms with E-state index >= 15 is 0 Å². The molecule has 1 aromatic heterocycles. The summed E-state index contributed by atoms with van der Waals surface area (Å²) in [6.45, 7) is 0.725. The number of hydrogen-bond donors (Lipinski definition) is 3. The molecule has 39 heavy (non-hydrogen) atoms. The van der Waals surface area contributed by atoms with Crippen LogP contribution in [0.25, 0.3) is 0 Å². The molecule has 1 aliphatic carbocycles. The molecule has 0 saturated heterocycles. The van der Waals surface area contributed by atoms with Crippen molar-refractivity contribution in [2.45, 2.75) is 68.9 Å². The van der Waals surface area contributed by atoms with Crippen molar-refractivity contribution < 1.29 is 22.7 Å². The molecular weight excluding hydrogens is 529 g/mol. The van der Waals surface area contributed by atoms with E-state index in [0.29, 0.717) is 16.3 Å². The van der Waals surface area contributed by atoms with Crippen molar-refractivity contribution in [1.82, 2.24) is 15.6 Å². The van der Waals surface area contributed by atoms with Gasteiger partial charge >= 0.3 is 12.1 Å². The Morgan fingerprint density at radius 3 is 2.54 bits per heavy atom. The third-order valence-corrected chi connectivity index (χ3v) is 7.21. The Hall–Kier alpha value is -3.30. The highest BCUT2D eigenvalue weighted by atomic mass is 35.5. The average Bonchev–Trinajstić information content (AvgIpc) is 2.90. The molecule has 0 aliphatic heterocycles. The molecule has 1 saturated carbocycles. The molecule has 2 amide bonds. The summed E-state index contributed by atoms with van der Waals surface area (Å²) in [5.74, 6) is -0.259. The van der Waals surface area contributed by atoms with Crippen LogP contribution in [0.2, 0.25) is 5.02 Å². The zero-order valence-corrected chi connectivity index (χ0v) is 22.3. The summed E-state index contributed by atoms with van der Waals surface area (Å²) < 4.78 is 46.6. The smallest absolute Gasteiger partial charge is 0.429 e. The van der Waals surface area contributed by atoms with Crippen LogP contribution in [-0.2, 0) is 12.0 Å². The molecule has 0 spiro atoms. The number of carbonyl (C=O) groups is 1. The van der Waals surface area contributed by atoms with E-state index in [9.17, 15) is 18.0 Å². The monoisotopic (exact) mass is 560 g/mol. The lowest BCUT2D eigenvalue weighted by molar-refractivity contribution is -0.215. The Balaban J connectivity index is 1.81. The molecule has 1 aliphatic rings. The van der Waals surface area contributed by atoms with Crippen LogP contribution in [0.3, 0.4) is 0 Å². The number of nitrogens with zero attached hydrogens (tertiary/aromatic N) is 1. The summed E-state index contributed by atoms with van der Waals surface area (Å²) >= 11 is 6.13. The summed E-state index contributed by atoms with van der Waals surface area (Å²) in [6.07, 6.45) is -1.40. The molecule has 1 fully saturated rings. The second kappa shape index (κ2) is 12.3. The van der Waals surface area contributed by atoms with Crippen LogP contribution < -0.4 is 21.1 Å². The van der Waals surface area contributed by atoms with E-state index in [1.54, 1.807) is 18.2 Å². The maximum atomic E-state index is 14.2. The topological polar surface area (TPSA) is 89.3 Å². The van der Waals surface area contributed by atoms with Gasteiger partial charge in [-0.05, 0) is 55.2 Å². The SMILES string of the molecule is CC(F)C(F)(F)Oc1cccc([C@@](Cc2ccccc2)(NC(=O)N[C@H]2CCCC[C@@H]2N)c2ccc(Cl)cn2)c1. The van der Waals surface area contributed by atoms with Crippen LogP contribution in [0.1, 0.15) is 49.4 Å². The number of urea groups is 1. The molecule has 3 aromatic rings. The van der Waals surface area contributed by atoms with E-state index in [1.165, 1.54) is 24.4 Å². The molecule has 1 heterocycles. The fourth-order valence-corrected chi connectivity index (χ4v) is 4.96. The lowest BCUT2D eigenvalue weighted by Gasteiger charge is -2.37. The maximum absolute atomic E-state index is 14.2. The Morgan fingerprint density at radius 1 is 1.13 bits per heavy atom. The standard InChI is InChI=1S/C29H32ClF3N4O2/c1-19(31)29(32,33)39-23-11-7-10-21(16-23)28(17-20-8-3-2-4-9-20,26-15-14-22(30)18-35-26)37-27(38)36-25-13-6-5-12-24(25)34/h2-4,7-11,14-16,18-19,24-25H,5-6,12-13,17,34H2,1H3,(H2,36,37,38)/t19?,24-,25-,28+/m0/s1. The first-order valence-electron chi connectivity index (χ1n) is 12.9. The lowest BCUT2D eigenvalue weighted by atomic mass is 9.80. The van der Waals surface area contributed by atoms with Gasteiger partial charge in [-0.1, -0.05) is 66.9 Å². The number of alkyl halides is 3. The Bertz CT molecular complexity index is 1250. The van der Waals surface area contributed by atoms with E-state index in [1.807, 2.05) is 30.3 Å². The zero-order valence-electron chi connectivity index (χ0n) is 21.5. The predicted molar refractivity (Wildman–Crippen MR) is 145 cm³/mol. The fraction of sp³-hybridized carbons (Fsp3) is 0.379.